The van der Waals surface area contributed by atoms with Gasteiger partial charge >= 0.3 is 0 Å². The Hall–Kier alpha value is -1.06. The van der Waals surface area contributed by atoms with Crippen LogP contribution in [-0.4, -0.2) is 34.8 Å². The van der Waals surface area contributed by atoms with E-state index < -0.39 is 5.54 Å². The van der Waals surface area contributed by atoms with Gasteiger partial charge in [0.25, 0.3) is 0 Å². The molecule has 0 aromatic heterocycles. The fraction of sp³-hybridized carbons (Fsp3) is 0.867. The summed E-state index contributed by atoms with van der Waals surface area (Å²) in [5.41, 5.74) is -0.642. The van der Waals surface area contributed by atoms with Crippen LogP contribution in [0.2, 0.25) is 0 Å². The highest BCUT2D eigenvalue weighted by Crippen LogP contribution is 2.39. The molecule has 0 spiro atoms. The molecule has 2 atom stereocenters. The van der Waals surface area contributed by atoms with Gasteiger partial charge in [-0.25, -0.2) is 0 Å². The molecule has 4 nitrogen and oxygen atoms in total. The average molecular weight is 264 g/mol. The first kappa shape index (κ1) is 12.9. The number of hydrogen-bond acceptors (Lipinski definition) is 2. The first-order chi connectivity index (χ1) is 9.06. The van der Waals surface area contributed by atoms with E-state index in [1.54, 1.807) is 0 Å². The number of nitrogens with one attached hydrogen (secondary N) is 1. The lowest BCUT2D eigenvalue weighted by Gasteiger charge is -2.46. The van der Waals surface area contributed by atoms with Crippen molar-refractivity contribution in [1.29, 1.82) is 0 Å². The largest absolute Gasteiger partial charge is 0.342 e. The molecule has 1 aliphatic heterocycles. The molecular weight excluding hydrogens is 240 g/mol. The second-order valence-corrected chi connectivity index (χ2v) is 6.64. The van der Waals surface area contributed by atoms with Crippen LogP contribution in [0.3, 0.4) is 0 Å². The van der Waals surface area contributed by atoms with E-state index in [1.807, 2.05) is 18.7 Å². The lowest BCUT2D eigenvalue weighted by molar-refractivity contribution is -0.157. The van der Waals surface area contributed by atoms with Gasteiger partial charge in [-0.1, -0.05) is 19.8 Å². The minimum absolute atomic E-state index is 0.0438. The van der Waals surface area contributed by atoms with Crippen molar-refractivity contribution in [3.8, 4) is 0 Å². The predicted octanol–water partition coefficient (Wildman–Crippen LogP) is 1.69. The third-order valence-corrected chi connectivity index (χ3v) is 5.14. The van der Waals surface area contributed by atoms with Gasteiger partial charge in [0.2, 0.25) is 11.8 Å². The van der Waals surface area contributed by atoms with Crippen LogP contribution in [0.5, 0.6) is 0 Å². The van der Waals surface area contributed by atoms with Crippen molar-refractivity contribution in [1.82, 2.24) is 10.2 Å². The summed E-state index contributed by atoms with van der Waals surface area (Å²) in [7, 11) is 0. The van der Waals surface area contributed by atoms with Gasteiger partial charge in [0.15, 0.2) is 0 Å². The Morgan fingerprint density at radius 3 is 2.47 bits per heavy atom. The van der Waals surface area contributed by atoms with E-state index >= 15 is 0 Å². The van der Waals surface area contributed by atoms with Crippen LogP contribution in [0, 0.1) is 11.8 Å². The number of rotatable bonds is 5. The highest BCUT2D eigenvalue weighted by molar-refractivity contribution is 5.99. The first-order valence-electron chi connectivity index (χ1n) is 7.68. The summed E-state index contributed by atoms with van der Waals surface area (Å²) in [6.45, 7) is 4.66. The van der Waals surface area contributed by atoms with Crippen molar-refractivity contribution >= 4 is 11.8 Å². The Kier molecular flexibility index (Phi) is 3.06. The fourth-order valence-electron chi connectivity index (χ4n) is 3.07. The Morgan fingerprint density at radius 1 is 1.26 bits per heavy atom. The molecule has 2 unspecified atom stereocenters. The van der Waals surface area contributed by atoms with Crippen molar-refractivity contribution in [2.75, 3.05) is 6.54 Å². The summed E-state index contributed by atoms with van der Waals surface area (Å²) in [4.78, 5) is 27.0. The van der Waals surface area contributed by atoms with Crippen LogP contribution in [-0.2, 0) is 9.59 Å². The molecular formula is C15H24N2O2. The lowest BCUT2D eigenvalue weighted by atomic mass is 9.89. The third kappa shape index (κ3) is 2.26. The quantitative estimate of drug-likeness (QED) is 0.821. The monoisotopic (exact) mass is 264 g/mol. The van der Waals surface area contributed by atoms with Gasteiger partial charge < -0.3 is 10.2 Å². The highest BCUT2D eigenvalue weighted by Gasteiger charge is 2.52. The summed E-state index contributed by atoms with van der Waals surface area (Å²) < 4.78 is 0. The van der Waals surface area contributed by atoms with E-state index in [0.29, 0.717) is 12.3 Å². The summed E-state index contributed by atoms with van der Waals surface area (Å²) in [5, 5.41) is 2.97. The van der Waals surface area contributed by atoms with Gasteiger partial charge in [-0.3, -0.25) is 9.59 Å². The van der Waals surface area contributed by atoms with E-state index in [1.165, 1.54) is 12.8 Å². The molecule has 19 heavy (non-hydrogen) atoms. The highest BCUT2D eigenvalue weighted by atomic mass is 16.2. The molecule has 3 fully saturated rings. The number of carbonyl (C=O) groups is 2. The van der Waals surface area contributed by atoms with E-state index in [4.69, 9.17) is 0 Å². The zero-order chi connectivity index (χ0) is 13.6. The summed E-state index contributed by atoms with van der Waals surface area (Å²) in [5.74, 6) is 1.38. The van der Waals surface area contributed by atoms with Crippen LogP contribution in [0.4, 0.5) is 0 Å². The predicted molar refractivity (Wildman–Crippen MR) is 72.4 cm³/mol. The second-order valence-electron chi connectivity index (χ2n) is 6.64. The molecule has 0 aromatic rings. The van der Waals surface area contributed by atoms with Crippen molar-refractivity contribution in [3.05, 3.63) is 0 Å². The number of nitrogens with zero attached hydrogens (tertiary/aromatic N) is 1. The van der Waals surface area contributed by atoms with Crippen molar-refractivity contribution < 1.29 is 9.59 Å². The standard InChI is InChI=1S/C15H24N2O2/c1-3-15(2)14(19)16-12(11-6-7-11)13(18)17(15)9-8-10-4-5-10/h10-12H,3-9H2,1-2H3,(H,16,19). The Bertz CT molecular complexity index is 401. The molecule has 0 radical (unpaired) electrons. The molecule has 3 aliphatic rings. The fourth-order valence-corrected chi connectivity index (χ4v) is 3.07. The topological polar surface area (TPSA) is 49.4 Å². The molecule has 0 bridgehead atoms. The number of amides is 2. The summed E-state index contributed by atoms with van der Waals surface area (Å²) in [6, 6.07) is -0.244. The lowest BCUT2D eigenvalue weighted by Crippen LogP contribution is -2.69. The minimum Gasteiger partial charge on any atom is -0.342 e. The number of hydrogen-bond donors (Lipinski definition) is 1. The molecule has 2 aliphatic carbocycles. The zero-order valence-corrected chi connectivity index (χ0v) is 11.9. The molecule has 2 amide bonds. The molecule has 1 saturated heterocycles. The normalized spacial score (nSPS) is 35.5. The van der Waals surface area contributed by atoms with E-state index in [0.717, 1.165) is 31.7 Å². The van der Waals surface area contributed by atoms with Gasteiger partial charge in [0.05, 0.1) is 0 Å². The smallest absolute Gasteiger partial charge is 0.246 e. The van der Waals surface area contributed by atoms with Crippen LogP contribution in [0.25, 0.3) is 0 Å². The van der Waals surface area contributed by atoms with E-state index in [2.05, 4.69) is 5.32 Å². The van der Waals surface area contributed by atoms with Crippen molar-refractivity contribution in [2.24, 2.45) is 11.8 Å². The second kappa shape index (κ2) is 4.50. The van der Waals surface area contributed by atoms with Gasteiger partial charge in [-0.2, -0.15) is 0 Å². The third-order valence-electron chi connectivity index (χ3n) is 5.14. The van der Waals surface area contributed by atoms with Gasteiger partial charge in [-0.15, -0.1) is 0 Å². The SMILES string of the molecule is CCC1(C)C(=O)NC(C2CC2)C(=O)N1CCC1CC1. The van der Waals surface area contributed by atoms with Crippen molar-refractivity contribution in [3.63, 3.8) is 0 Å². The average Bonchev–Trinajstić information content (AvgIpc) is 3.26. The van der Waals surface area contributed by atoms with Crippen LogP contribution < -0.4 is 5.32 Å². The van der Waals surface area contributed by atoms with Gasteiger partial charge in [-0.05, 0) is 44.4 Å². The Labute approximate surface area is 114 Å². The van der Waals surface area contributed by atoms with Crippen LogP contribution >= 0.6 is 0 Å². The number of piperazine rings is 1. The molecule has 1 N–H and O–H groups in total. The summed E-state index contributed by atoms with van der Waals surface area (Å²) in [6.07, 6.45) is 6.50. The molecule has 1 heterocycles. The van der Waals surface area contributed by atoms with Gasteiger partial charge in [0, 0.05) is 6.54 Å². The summed E-state index contributed by atoms with van der Waals surface area (Å²) >= 11 is 0. The van der Waals surface area contributed by atoms with Crippen LogP contribution in [0.1, 0.15) is 52.4 Å². The number of carbonyl (C=O) groups excluding carboxylic acids is 2. The molecule has 2 saturated carbocycles. The van der Waals surface area contributed by atoms with Crippen LogP contribution in [0.15, 0.2) is 0 Å². The minimum atomic E-state index is -0.642. The molecule has 106 valence electrons. The van der Waals surface area contributed by atoms with Gasteiger partial charge in [0.1, 0.15) is 11.6 Å². The zero-order valence-electron chi connectivity index (χ0n) is 11.9. The molecule has 0 aromatic carbocycles. The molecule has 4 heteroatoms. The van der Waals surface area contributed by atoms with E-state index in [9.17, 15) is 9.59 Å². The maximum absolute atomic E-state index is 12.7. The molecule has 3 rings (SSSR count). The first-order valence-corrected chi connectivity index (χ1v) is 7.68. The van der Waals surface area contributed by atoms with E-state index in [-0.39, 0.29) is 17.9 Å². The van der Waals surface area contributed by atoms with Crippen molar-refractivity contribution in [2.45, 2.75) is 64.0 Å². The maximum atomic E-state index is 12.7. The Morgan fingerprint density at radius 2 is 1.95 bits per heavy atom. The maximum Gasteiger partial charge on any atom is 0.246 e. The Balaban J connectivity index is 1.78.